The van der Waals surface area contributed by atoms with E-state index in [1.165, 1.54) is 30.5 Å². The van der Waals surface area contributed by atoms with E-state index in [1.807, 2.05) is 13.8 Å². The molecule has 3 heterocycles. The Hall–Kier alpha value is -4.01. The fraction of sp³-hybridized carbons (Fsp3) is 0.217. The lowest BCUT2D eigenvalue weighted by molar-refractivity contribution is 0.101. The average molecular weight is 435 g/mol. The van der Waals surface area contributed by atoms with Crippen molar-refractivity contribution in [2.45, 2.75) is 33.7 Å². The summed E-state index contributed by atoms with van der Waals surface area (Å²) in [5, 5.41) is 10.3. The van der Waals surface area contributed by atoms with E-state index in [-0.39, 0.29) is 11.7 Å². The molecule has 0 bridgehead atoms. The van der Waals surface area contributed by atoms with Gasteiger partial charge in [0.05, 0.1) is 35.0 Å². The van der Waals surface area contributed by atoms with E-state index in [4.69, 9.17) is 4.42 Å². The molecule has 1 aromatic carbocycles. The Morgan fingerprint density at radius 3 is 2.50 bits per heavy atom. The number of furan rings is 1. The van der Waals surface area contributed by atoms with Gasteiger partial charge in [0.1, 0.15) is 11.6 Å². The highest BCUT2D eigenvalue weighted by molar-refractivity contribution is 6.08. The zero-order valence-corrected chi connectivity index (χ0v) is 18.1. The number of carbonyl (C=O) groups excluding carboxylic acids is 2. The standard InChI is InChI=1S/C23H22FN5O3/c1-12(2)29-21-15(11-25-29)9-18(13(3)26-21)23(31)27-16-5-6-19(24)20(10-16)28-22(30)17-7-8-32-14(17)4/h5-12H,1-4H3,(H,27,31)(H,28,30). The van der Waals surface area contributed by atoms with Gasteiger partial charge in [0.15, 0.2) is 5.65 Å². The number of amides is 2. The van der Waals surface area contributed by atoms with Crippen LogP contribution in [0.5, 0.6) is 0 Å². The summed E-state index contributed by atoms with van der Waals surface area (Å²) in [5.74, 6) is -1.11. The first kappa shape index (κ1) is 21.2. The molecule has 0 atom stereocenters. The Bertz CT molecular complexity index is 1340. The summed E-state index contributed by atoms with van der Waals surface area (Å²) in [6.07, 6.45) is 3.05. The molecule has 0 aliphatic rings. The van der Waals surface area contributed by atoms with Crippen LogP contribution in [-0.2, 0) is 0 Å². The minimum atomic E-state index is -0.627. The van der Waals surface area contributed by atoms with Crippen LogP contribution in [0, 0.1) is 19.7 Å². The van der Waals surface area contributed by atoms with Crippen LogP contribution in [0.25, 0.3) is 11.0 Å². The number of aromatic nitrogens is 3. The second kappa shape index (κ2) is 8.26. The van der Waals surface area contributed by atoms with Gasteiger partial charge in [0, 0.05) is 17.1 Å². The largest absolute Gasteiger partial charge is 0.469 e. The van der Waals surface area contributed by atoms with E-state index in [0.29, 0.717) is 33.9 Å². The predicted molar refractivity (Wildman–Crippen MR) is 118 cm³/mol. The number of nitrogens with zero attached hydrogens (tertiary/aromatic N) is 3. The number of hydrogen-bond acceptors (Lipinski definition) is 5. The molecule has 2 amide bonds. The number of fused-ring (bicyclic) bond motifs is 1. The highest BCUT2D eigenvalue weighted by atomic mass is 19.1. The number of hydrogen-bond donors (Lipinski definition) is 2. The molecular weight excluding hydrogens is 413 g/mol. The molecule has 9 heteroatoms. The number of nitrogens with one attached hydrogen (secondary N) is 2. The normalized spacial score (nSPS) is 11.2. The van der Waals surface area contributed by atoms with Crippen LogP contribution in [0.1, 0.15) is 52.1 Å². The Morgan fingerprint density at radius 2 is 1.81 bits per heavy atom. The number of halogens is 1. The predicted octanol–water partition coefficient (Wildman–Crippen LogP) is 4.87. The maximum atomic E-state index is 14.3. The fourth-order valence-corrected chi connectivity index (χ4v) is 3.38. The average Bonchev–Trinajstić information content (AvgIpc) is 3.35. The van der Waals surface area contributed by atoms with E-state index in [1.54, 1.807) is 30.8 Å². The quantitative estimate of drug-likeness (QED) is 0.466. The molecule has 8 nitrogen and oxygen atoms in total. The summed E-state index contributed by atoms with van der Waals surface area (Å²) < 4.78 is 21.2. The molecule has 2 N–H and O–H groups in total. The molecule has 0 saturated carbocycles. The molecule has 0 saturated heterocycles. The van der Waals surface area contributed by atoms with Crippen LogP contribution in [0.3, 0.4) is 0 Å². The molecule has 0 aliphatic heterocycles. The molecule has 4 rings (SSSR count). The van der Waals surface area contributed by atoms with E-state index in [2.05, 4.69) is 20.7 Å². The van der Waals surface area contributed by atoms with Gasteiger partial charge in [-0.1, -0.05) is 0 Å². The summed E-state index contributed by atoms with van der Waals surface area (Å²) in [5.41, 5.74) is 2.20. The van der Waals surface area contributed by atoms with Crippen molar-refractivity contribution in [3.8, 4) is 0 Å². The first-order valence-electron chi connectivity index (χ1n) is 10.1. The van der Waals surface area contributed by atoms with E-state index in [9.17, 15) is 14.0 Å². The lowest BCUT2D eigenvalue weighted by atomic mass is 10.1. The topological polar surface area (TPSA) is 102 Å². The number of rotatable bonds is 5. The fourth-order valence-electron chi connectivity index (χ4n) is 3.38. The van der Waals surface area contributed by atoms with Gasteiger partial charge in [0.2, 0.25) is 0 Å². The van der Waals surface area contributed by atoms with E-state index >= 15 is 0 Å². The van der Waals surface area contributed by atoms with Crippen LogP contribution in [0.15, 0.2) is 47.2 Å². The van der Waals surface area contributed by atoms with Gasteiger partial charge >= 0.3 is 0 Å². The maximum Gasteiger partial charge on any atom is 0.259 e. The van der Waals surface area contributed by atoms with E-state index in [0.717, 1.165) is 5.39 Å². The maximum absolute atomic E-state index is 14.3. The van der Waals surface area contributed by atoms with Gasteiger partial charge < -0.3 is 15.1 Å². The van der Waals surface area contributed by atoms with Gasteiger partial charge in [-0.15, -0.1) is 0 Å². The molecule has 164 valence electrons. The second-order valence-electron chi connectivity index (χ2n) is 7.71. The summed E-state index contributed by atoms with van der Waals surface area (Å²) in [6.45, 7) is 7.39. The molecule has 4 aromatic rings. The number of aryl methyl sites for hydroxylation is 2. The molecule has 3 aromatic heterocycles. The number of benzene rings is 1. The monoisotopic (exact) mass is 435 g/mol. The Morgan fingerprint density at radius 1 is 1.06 bits per heavy atom. The van der Waals surface area contributed by atoms with Gasteiger partial charge in [-0.05, 0) is 58.0 Å². The van der Waals surface area contributed by atoms with Gasteiger partial charge in [-0.25, -0.2) is 14.1 Å². The highest BCUT2D eigenvalue weighted by Crippen LogP contribution is 2.24. The molecule has 0 unspecified atom stereocenters. The van der Waals surface area contributed by atoms with Gasteiger partial charge in [-0.3, -0.25) is 9.59 Å². The third-order valence-corrected chi connectivity index (χ3v) is 5.07. The van der Waals surface area contributed by atoms with Crippen molar-refractivity contribution in [1.29, 1.82) is 0 Å². The number of anilines is 2. The lowest BCUT2D eigenvalue weighted by Gasteiger charge is -2.11. The van der Waals surface area contributed by atoms with Gasteiger partial charge in [-0.2, -0.15) is 5.10 Å². The third kappa shape index (κ3) is 3.96. The number of carbonyl (C=O) groups is 2. The molecule has 0 aliphatic carbocycles. The van der Waals surface area contributed by atoms with Crippen molar-refractivity contribution in [3.05, 3.63) is 71.2 Å². The molecular formula is C23H22FN5O3. The first-order valence-corrected chi connectivity index (χ1v) is 10.1. The third-order valence-electron chi connectivity index (χ3n) is 5.07. The zero-order valence-electron chi connectivity index (χ0n) is 18.1. The second-order valence-corrected chi connectivity index (χ2v) is 7.71. The Balaban J connectivity index is 1.57. The molecule has 0 fully saturated rings. The van der Waals surface area contributed by atoms with Crippen molar-refractivity contribution >= 4 is 34.2 Å². The minimum Gasteiger partial charge on any atom is -0.469 e. The highest BCUT2D eigenvalue weighted by Gasteiger charge is 2.17. The lowest BCUT2D eigenvalue weighted by Crippen LogP contribution is -2.16. The van der Waals surface area contributed by atoms with Crippen LogP contribution >= 0.6 is 0 Å². The number of pyridine rings is 1. The first-order chi connectivity index (χ1) is 15.2. The summed E-state index contributed by atoms with van der Waals surface area (Å²) >= 11 is 0. The van der Waals surface area contributed by atoms with Crippen LogP contribution < -0.4 is 10.6 Å². The summed E-state index contributed by atoms with van der Waals surface area (Å²) in [7, 11) is 0. The molecule has 0 radical (unpaired) electrons. The van der Waals surface area contributed by atoms with E-state index < -0.39 is 17.6 Å². The Kier molecular flexibility index (Phi) is 5.48. The Labute approximate surface area is 183 Å². The SMILES string of the molecule is Cc1nc2c(cnn2C(C)C)cc1C(=O)Nc1ccc(F)c(NC(=O)c2ccoc2C)c1. The van der Waals surface area contributed by atoms with Crippen molar-refractivity contribution < 1.29 is 18.4 Å². The van der Waals surface area contributed by atoms with Crippen LogP contribution in [0.2, 0.25) is 0 Å². The minimum absolute atomic E-state index is 0.0584. The van der Waals surface area contributed by atoms with Crippen molar-refractivity contribution in [3.63, 3.8) is 0 Å². The molecule has 32 heavy (non-hydrogen) atoms. The van der Waals surface area contributed by atoms with Crippen molar-refractivity contribution in [2.75, 3.05) is 10.6 Å². The van der Waals surface area contributed by atoms with Crippen molar-refractivity contribution in [1.82, 2.24) is 14.8 Å². The van der Waals surface area contributed by atoms with Crippen LogP contribution in [0.4, 0.5) is 15.8 Å². The molecule has 0 spiro atoms. The van der Waals surface area contributed by atoms with Gasteiger partial charge in [0.25, 0.3) is 11.8 Å². The zero-order chi connectivity index (χ0) is 23.0. The smallest absolute Gasteiger partial charge is 0.259 e. The summed E-state index contributed by atoms with van der Waals surface area (Å²) in [6, 6.07) is 7.32. The van der Waals surface area contributed by atoms with Crippen LogP contribution in [-0.4, -0.2) is 26.6 Å². The summed E-state index contributed by atoms with van der Waals surface area (Å²) in [4.78, 5) is 29.8. The van der Waals surface area contributed by atoms with Crippen molar-refractivity contribution in [2.24, 2.45) is 0 Å².